The van der Waals surface area contributed by atoms with Gasteiger partial charge in [0.2, 0.25) is 0 Å². The maximum Gasteiger partial charge on any atom is 0.131 e. The van der Waals surface area contributed by atoms with Gasteiger partial charge in [0.15, 0.2) is 0 Å². The van der Waals surface area contributed by atoms with Gasteiger partial charge in [-0.25, -0.2) is 0 Å². The normalized spacial score (nSPS) is 27.5. The molecular weight excluding hydrogens is 464 g/mol. The first kappa shape index (κ1) is 23.0. The number of aliphatic hydroxyl groups is 1. The Balaban J connectivity index is 0.00000245. The predicted molar refractivity (Wildman–Crippen MR) is 124 cm³/mol. The van der Waals surface area contributed by atoms with Crippen LogP contribution < -0.4 is 21.7 Å². The summed E-state index contributed by atoms with van der Waals surface area (Å²) in [7, 11) is 1.68. The van der Waals surface area contributed by atoms with Crippen molar-refractivity contribution in [2.45, 2.75) is 31.5 Å². The highest BCUT2D eigenvalue weighted by molar-refractivity contribution is 5.83. The first-order valence-electron chi connectivity index (χ1n) is 11.3. The van der Waals surface area contributed by atoms with Crippen LogP contribution in [0.5, 0.6) is 5.75 Å². The average Bonchev–Trinajstić information content (AvgIpc) is 2.83. The Morgan fingerprint density at radius 1 is 1.22 bits per heavy atom. The summed E-state index contributed by atoms with van der Waals surface area (Å²) in [5.41, 5.74) is 3.19. The van der Waals surface area contributed by atoms with E-state index in [1.165, 1.54) is 12.0 Å². The van der Waals surface area contributed by atoms with Gasteiger partial charge in [-0.15, -0.1) is 6.58 Å². The number of quaternary nitrogens is 1. The van der Waals surface area contributed by atoms with Crippen LogP contribution in [0.1, 0.15) is 30.1 Å². The molecule has 5 heteroatoms. The molecule has 3 saturated heterocycles. The molecule has 3 aliphatic heterocycles. The largest absolute Gasteiger partial charge is 1.00 e. The molecule has 168 valence electrons. The summed E-state index contributed by atoms with van der Waals surface area (Å²) in [6.45, 7) is 7.25. The van der Waals surface area contributed by atoms with Crippen molar-refractivity contribution in [3.05, 3.63) is 84.6 Å². The summed E-state index contributed by atoms with van der Waals surface area (Å²) >= 11 is 0. The number of nitrogens with zero attached hydrogens (tertiary/aromatic N) is 2. The zero-order valence-corrected chi connectivity index (χ0v) is 20.1. The van der Waals surface area contributed by atoms with E-state index in [-0.39, 0.29) is 23.0 Å². The summed E-state index contributed by atoms with van der Waals surface area (Å²) in [5.74, 6) is 1.92. The lowest BCUT2D eigenvalue weighted by Crippen LogP contribution is -3.00. The van der Waals surface area contributed by atoms with Crippen LogP contribution in [0.4, 0.5) is 0 Å². The molecule has 32 heavy (non-hydrogen) atoms. The van der Waals surface area contributed by atoms with Gasteiger partial charge in [-0.2, -0.15) is 0 Å². The Hall–Kier alpha value is -2.21. The number of aromatic nitrogens is 1. The second-order valence-electron chi connectivity index (χ2n) is 9.25. The number of piperidine rings is 3. The molecule has 2 aromatic carbocycles. The molecule has 4 nitrogen and oxygen atoms in total. The second kappa shape index (κ2) is 9.34. The van der Waals surface area contributed by atoms with Crippen molar-refractivity contribution < 1.29 is 31.3 Å². The molecule has 0 saturated carbocycles. The van der Waals surface area contributed by atoms with Gasteiger partial charge in [-0.05, 0) is 35.7 Å². The molecule has 3 fully saturated rings. The molecule has 1 aromatic heterocycles. The highest BCUT2D eigenvalue weighted by Gasteiger charge is 2.53. The van der Waals surface area contributed by atoms with Crippen LogP contribution in [-0.4, -0.2) is 40.8 Å². The van der Waals surface area contributed by atoms with Crippen molar-refractivity contribution in [1.29, 1.82) is 0 Å². The standard InChI is InChI=1S/C27H31N2O2.BrH/c1-3-20-18-29(17-19-7-5-4-6-8-19)14-12-21(20)15-26(29)27(30)23-11-13-28-25-10-9-22(31-2)16-24(23)25;/h3-11,13,16,20-21,26-27,30H,1,12,14-15,17-18H2,2H3;1H/q+1;/p-1/t20-,21-,26-,27+,29+;/m0./s1. The van der Waals surface area contributed by atoms with Crippen LogP contribution in [0.3, 0.4) is 0 Å². The third kappa shape index (κ3) is 3.98. The van der Waals surface area contributed by atoms with Crippen LogP contribution in [0.25, 0.3) is 10.9 Å². The molecule has 2 bridgehead atoms. The third-order valence-corrected chi connectivity index (χ3v) is 7.68. The number of rotatable bonds is 6. The molecule has 0 amide bonds. The molecule has 3 aliphatic rings. The molecular formula is C27H31BrN2O2. The van der Waals surface area contributed by atoms with Crippen LogP contribution in [0.2, 0.25) is 0 Å². The van der Waals surface area contributed by atoms with Crippen molar-refractivity contribution >= 4 is 10.9 Å². The molecule has 6 rings (SSSR count). The number of hydrogen-bond donors (Lipinski definition) is 1. The molecule has 0 radical (unpaired) electrons. The number of pyridine rings is 1. The van der Waals surface area contributed by atoms with E-state index in [0.29, 0.717) is 11.8 Å². The number of hydrogen-bond acceptors (Lipinski definition) is 3. The average molecular weight is 495 g/mol. The van der Waals surface area contributed by atoms with E-state index in [1.807, 2.05) is 30.5 Å². The van der Waals surface area contributed by atoms with Gasteiger partial charge in [0.1, 0.15) is 24.4 Å². The minimum Gasteiger partial charge on any atom is -1.00 e. The topological polar surface area (TPSA) is 42.4 Å². The van der Waals surface area contributed by atoms with E-state index in [2.05, 4.69) is 48.0 Å². The molecule has 0 unspecified atom stereocenters. The fourth-order valence-electron chi connectivity index (χ4n) is 6.07. The number of fused-ring (bicyclic) bond motifs is 4. The zero-order valence-electron chi connectivity index (χ0n) is 18.5. The highest BCUT2D eigenvalue weighted by atomic mass is 79.9. The van der Waals surface area contributed by atoms with E-state index in [4.69, 9.17) is 4.74 Å². The second-order valence-corrected chi connectivity index (χ2v) is 9.25. The summed E-state index contributed by atoms with van der Waals surface area (Å²) in [5, 5.41) is 12.8. The first-order valence-corrected chi connectivity index (χ1v) is 11.3. The lowest BCUT2D eigenvalue weighted by Gasteiger charge is -2.58. The maximum atomic E-state index is 11.8. The summed E-state index contributed by atoms with van der Waals surface area (Å²) in [6.07, 6.45) is 5.65. The van der Waals surface area contributed by atoms with Crippen LogP contribution in [-0.2, 0) is 6.54 Å². The van der Waals surface area contributed by atoms with Gasteiger partial charge < -0.3 is 31.3 Å². The van der Waals surface area contributed by atoms with Gasteiger partial charge in [0, 0.05) is 35.9 Å². The first-order chi connectivity index (χ1) is 15.1. The van der Waals surface area contributed by atoms with Gasteiger partial charge >= 0.3 is 0 Å². The smallest absolute Gasteiger partial charge is 0.131 e. The summed E-state index contributed by atoms with van der Waals surface area (Å²) in [6, 6.07) is 18.8. The highest BCUT2D eigenvalue weighted by Crippen LogP contribution is 2.48. The van der Waals surface area contributed by atoms with Crippen molar-refractivity contribution in [3.8, 4) is 5.75 Å². The lowest BCUT2D eigenvalue weighted by molar-refractivity contribution is -0.984. The van der Waals surface area contributed by atoms with Gasteiger partial charge in [-0.3, -0.25) is 4.98 Å². The van der Waals surface area contributed by atoms with Crippen molar-refractivity contribution in [1.82, 2.24) is 4.98 Å². The SMILES string of the molecule is C=C[C@H]1C[N@+]2(Cc3ccccc3)CC[C@H]1C[C@H]2[C@H](O)c1ccnc2ccc(OC)cc12.[Br-]. The molecule has 5 atom stereocenters. The van der Waals surface area contributed by atoms with E-state index in [9.17, 15) is 5.11 Å². The van der Waals surface area contributed by atoms with Crippen LogP contribution in [0, 0.1) is 11.8 Å². The minimum absolute atomic E-state index is 0. The molecule has 3 aromatic rings. The minimum atomic E-state index is -0.546. The summed E-state index contributed by atoms with van der Waals surface area (Å²) < 4.78 is 6.38. The van der Waals surface area contributed by atoms with E-state index in [0.717, 1.165) is 52.8 Å². The quantitative estimate of drug-likeness (QED) is 0.420. The Bertz CT molecular complexity index is 1090. The van der Waals surface area contributed by atoms with Crippen molar-refractivity contribution in [2.75, 3.05) is 20.2 Å². The van der Waals surface area contributed by atoms with Gasteiger partial charge in [0.25, 0.3) is 0 Å². The number of benzene rings is 2. The fourth-order valence-corrected chi connectivity index (χ4v) is 6.07. The fraction of sp³-hybridized carbons (Fsp3) is 0.370. The third-order valence-electron chi connectivity index (χ3n) is 7.68. The molecule has 0 aliphatic carbocycles. The Morgan fingerprint density at radius 2 is 2.03 bits per heavy atom. The van der Waals surface area contributed by atoms with Gasteiger partial charge in [0.05, 0.1) is 25.7 Å². The predicted octanol–water partition coefficient (Wildman–Crippen LogP) is 1.89. The lowest BCUT2D eigenvalue weighted by atomic mass is 9.71. The van der Waals surface area contributed by atoms with Gasteiger partial charge in [-0.1, -0.05) is 36.4 Å². The Kier molecular flexibility index (Phi) is 6.70. The molecule has 0 spiro atoms. The number of ether oxygens (including phenoxy) is 1. The van der Waals surface area contributed by atoms with Crippen LogP contribution in [0.15, 0.2) is 73.4 Å². The number of methoxy groups -OCH3 is 1. The van der Waals surface area contributed by atoms with Crippen molar-refractivity contribution in [2.24, 2.45) is 11.8 Å². The molecule has 4 heterocycles. The Morgan fingerprint density at radius 3 is 2.78 bits per heavy atom. The van der Waals surface area contributed by atoms with Crippen molar-refractivity contribution in [3.63, 3.8) is 0 Å². The van der Waals surface area contributed by atoms with E-state index < -0.39 is 6.10 Å². The number of aliphatic hydroxyl groups excluding tert-OH is 1. The molecule has 1 N–H and O–H groups in total. The number of halogens is 1. The van der Waals surface area contributed by atoms with E-state index in [1.54, 1.807) is 7.11 Å². The maximum absolute atomic E-state index is 11.8. The van der Waals surface area contributed by atoms with E-state index >= 15 is 0 Å². The zero-order chi connectivity index (χ0) is 21.4. The monoisotopic (exact) mass is 494 g/mol. The Labute approximate surface area is 200 Å². The summed E-state index contributed by atoms with van der Waals surface area (Å²) in [4.78, 5) is 4.52. The van der Waals surface area contributed by atoms with Crippen LogP contribution >= 0.6 is 0 Å².